The van der Waals surface area contributed by atoms with Crippen LogP contribution in [0, 0.1) is 0 Å². The molecule has 0 aliphatic carbocycles. The summed E-state index contributed by atoms with van der Waals surface area (Å²) in [6.45, 7) is 2.60. The van der Waals surface area contributed by atoms with Crippen molar-refractivity contribution in [1.29, 1.82) is 0 Å². The second kappa shape index (κ2) is 6.34. The Bertz CT molecular complexity index is 844. The number of benzene rings is 2. The molecule has 2 heterocycles. The van der Waals surface area contributed by atoms with Crippen LogP contribution in [0.1, 0.15) is 22.9 Å². The Kier molecular flexibility index (Phi) is 4.05. The van der Waals surface area contributed by atoms with Crippen molar-refractivity contribution in [2.24, 2.45) is 0 Å². The average Bonchev–Trinajstić information content (AvgIpc) is 3.08. The van der Waals surface area contributed by atoms with Crippen LogP contribution in [0.3, 0.4) is 0 Å². The molecule has 3 aromatic rings. The third kappa shape index (κ3) is 2.70. The number of aromatic nitrogens is 1. The maximum Gasteiger partial charge on any atom is 0.134 e. The van der Waals surface area contributed by atoms with Crippen LogP contribution in [0.5, 0.6) is 5.75 Å². The second-order valence-corrected chi connectivity index (χ2v) is 6.54. The Balaban J connectivity index is 1.73. The van der Waals surface area contributed by atoms with Crippen LogP contribution in [0.25, 0.3) is 0 Å². The van der Waals surface area contributed by atoms with E-state index >= 15 is 0 Å². The van der Waals surface area contributed by atoms with Crippen molar-refractivity contribution in [2.45, 2.75) is 19.1 Å². The number of hydrogen-bond acceptors (Lipinski definition) is 2. The molecule has 1 atom stereocenters. The predicted octanol–water partition coefficient (Wildman–Crippen LogP) is 4.45. The summed E-state index contributed by atoms with van der Waals surface area (Å²) in [5.74, 6) is 0.144. The van der Waals surface area contributed by atoms with Gasteiger partial charge in [0.1, 0.15) is 5.75 Å². The van der Waals surface area contributed by atoms with Crippen molar-refractivity contribution in [3.05, 3.63) is 88.7 Å². The zero-order valence-corrected chi connectivity index (χ0v) is 14.0. The van der Waals surface area contributed by atoms with Crippen LogP contribution in [0.4, 0.5) is 0 Å². The molecule has 0 amide bonds. The standard InChI is InChI=1S/C20H19ClN2O/c21-19-16(8-4-10-18(19)24)14-23-13-12-22-11-5-9-17(22)20(23)15-6-2-1-3-7-15/h1-11,20,24H,12-14H2. The first-order chi connectivity index (χ1) is 11.7. The second-order valence-electron chi connectivity index (χ2n) is 6.16. The SMILES string of the molecule is Oc1cccc(CN2CCn3cccc3C2c2ccccc2)c1Cl. The molecule has 4 heteroatoms. The van der Waals surface area contributed by atoms with Crippen LogP contribution in [0.15, 0.2) is 66.9 Å². The zero-order valence-electron chi connectivity index (χ0n) is 13.3. The number of rotatable bonds is 3. The molecule has 0 saturated heterocycles. The summed E-state index contributed by atoms with van der Waals surface area (Å²) in [4.78, 5) is 2.42. The van der Waals surface area contributed by atoms with E-state index < -0.39 is 0 Å². The van der Waals surface area contributed by atoms with Gasteiger partial charge in [0.25, 0.3) is 0 Å². The van der Waals surface area contributed by atoms with E-state index in [-0.39, 0.29) is 11.8 Å². The summed E-state index contributed by atoms with van der Waals surface area (Å²) in [6.07, 6.45) is 2.14. The predicted molar refractivity (Wildman–Crippen MR) is 96.2 cm³/mol. The Labute approximate surface area is 146 Å². The van der Waals surface area contributed by atoms with Crippen molar-refractivity contribution in [1.82, 2.24) is 9.47 Å². The summed E-state index contributed by atoms with van der Waals surface area (Å²) in [5, 5.41) is 10.3. The monoisotopic (exact) mass is 338 g/mol. The molecule has 1 aliphatic rings. The molecule has 3 nitrogen and oxygen atoms in total. The average molecular weight is 339 g/mol. The number of halogens is 1. The first-order valence-electron chi connectivity index (χ1n) is 8.14. The van der Waals surface area contributed by atoms with Gasteiger partial charge in [0.05, 0.1) is 11.1 Å². The maximum absolute atomic E-state index is 9.88. The van der Waals surface area contributed by atoms with Crippen LogP contribution >= 0.6 is 11.6 Å². The Hall–Kier alpha value is -2.23. The number of hydrogen-bond donors (Lipinski definition) is 1. The molecule has 2 aromatic carbocycles. The molecule has 122 valence electrons. The Morgan fingerprint density at radius 2 is 1.79 bits per heavy atom. The van der Waals surface area contributed by atoms with E-state index in [4.69, 9.17) is 11.6 Å². The molecule has 1 aromatic heterocycles. The number of aromatic hydroxyl groups is 1. The molecule has 0 fully saturated rings. The van der Waals surface area contributed by atoms with Crippen LogP contribution < -0.4 is 0 Å². The lowest BCUT2D eigenvalue weighted by molar-refractivity contribution is 0.174. The highest BCUT2D eigenvalue weighted by Gasteiger charge is 2.29. The van der Waals surface area contributed by atoms with E-state index in [0.717, 1.165) is 18.7 Å². The third-order valence-electron chi connectivity index (χ3n) is 4.69. The molecule has 24 heavy (non-hydrogen) atoms. The molecule has 0 radical (unpaired) electrons. The van der Waals surface area contributed by atoms with Crippen LogP contribution in [-0.2, 0) is 13.1 Å². The Morgan fingerprint density at radius 1 is 0.958 bits per heavy atom. The van der Waals surface area contributed by atoms with Crippen molar-refractivity contribution in [2.75, 3.05) is 6.54 Å². The molecular weight excluding hydrogens is 320 g/mol. The zero-order chi connectivity index (χ0) is 16.5. The van der Waals surface area contributed by atoms with Crippen molar-refractivity contribution < 1.29 is 5.11 Å². The van der Waals surface area contributed by atoms with Gasteiger partial charge in [-0.05, 0) is 29.3 Å². The van der Waals surface area contributed by atoms with E-state index in [1.807, 2.05) is 18.2 Å². The highest BCUT2D eigenvalue weighted by atomic mass is 35.5. The molecule has 0 saturated carbocycles. The van der Waals surface area contributed by atoms with E-state index in [9.17, 15) is 5.11 Å². The lowest BCUT2D eigenvalue weighted by Crippen LogP contribution is -2.37. The smallest absolute Gasteiger partial charge is 0.134 e. The lowest BCUT2D eigenvalue weighted by Gasteiger charge is -2.37. The highest BCUT2D eigenvalue weighted by Crippen LogP contribution is 2.35. The fraction of sp³-hybridized carbons (Fsp3) is 0.200. The first kappa shape index (κ1) is 15.3. The van der Waals surface area contributed by atoms with Gasteiger partial charge in [0.15, 0.2) is 0 Å². The first-order valence-corrected chi connectivity index (χ1v) is 8.52. The number of nitrogens with zero attached hydrogens (tertiary/aromatic N) is 2. The van der Waals surface area contributed by atoms with E-state index in [1.54, 1.807) is 6.07 Å². The van der Waals surface area contributed by atoms with E-state index in [0.29, 0.717) is 11.6 Å². The third-order valence-corrected chi connectivity index (χ3v) is 5.12. The lowest BCUT2D eigenvalue weighted by atomic mass is 9.99. The highest BCUT2D eigenvalue weighted by molar-refractivity contribution is 6.32. The van der Waals surface area contributed by atoms with E-state index in [1.165, 1.54) is 11.3 Å². The molecule has 1 aliphatic heterocycles. The van der Waals surface area contributed by atoms with Gasteiger partial charge in [0.2, 0.25) is 0 Å². The van der Waals surface area contributed by atoms with Crippen molar-refractivity contribution in [3.8, 4) is 5.75 Å². The van der Waals surface area contributed by atoms with Gasteiger partial charge < -0.3 is 9.67 Å². The molecule has 0 spiro atoms. The number of phenols is 1. The Morgan fingerprint density at radius 3 is 2.62 bits per heavy atom. The maximum atomic E-state index is 9.88. The number of phenolic OH excluding ortho intramolecular Hbond substituents is 1. The summed E-state index contributed by atoms with van der Waals surface area (Å²) in [6, 6.07) is 20.5. The van der Waals surface area contributed by atoms with Crippen molar-refractivity contribution >= 4 is 11.6 Å². The van der Waals surface area contributed by atoms with Gasteiger partial charge in [-0.3, -0.25) is 4.90 Å². The molecule has 4 rings (SSSR count). The molecular formula is C20H19ClN2O. The van der Waals surface area contributed by atoms with E-state index in [2.05, 4.69) is 52.1 Å². The largest absolute Gasteiger partial charge is 0.506 e. The van der Waals surface area contributed by atoms with Crippen molar-refractivity contribution in [3.63, 3.8) is 0 Å². The summed E-state index contributed by atoms with van der Waals surface area (Å²) < 4.78 is 2.32. The normalized spacial score (nSPS) is 17.6. The molecule has 1 unspecified atom stereocenters. The summed E-state index contributed by atoms with van der Waals surface area (Å²) >= 11 is 6.30. The quantitative estimate of drug-likeness (QED) is 0.764. The van der Waals surface area contributed by atoms with Gasteiger partial charge in [-0.1, -0.05) is 54.1 Å². The number of fused-ring (bicyclic) bond motifs is 1. The fourth-order valence-electron chi connectivity index (χ4n) is 3.53. The summed E-state index contributed by atoms with van der Waals surface area (Å²) in [5.41, 5.74) is 3.52. The minimum Gasteiger partial charge on any atom is -0.506 e. The molecule has 1 N–H and O–H groups in total. The topological polar surface area (TPSA) is 28.4 Å². The minimum absolute atomic E-state index is 0.144. The van der Waals surface area contributed by atoms with Gasteiger partial charge in [0, 0.05) is 31.5 Å². The fourth-order valence-corrected chi connectivity index (χ4v) is 3.71. The molecule has 0 bridgehead atoms. The minimum atomic E-state index is 0.144. The van der Waals surface area contributed by atoms with Gasteiger partial charge >= 0.3 is 0 Å². The van der Waals surface area contributed by atoms with Gasteiger partial charge in [-0.2, -0.15) is 0 Å². The van der Waals surface area contributed by atoms with Gasteiger partial charge in [-0.25, -0.2) is 0 Å². The van der Waals surface area contributed by atoms with Crippen LogP contribution in [-0.4, -0.2) is 21.1 Å². The summed E-state index contributed by atoms with van der Waals surface area (Å²) in [7, 11) is 0. The van der Waals surface area contributed by atoms with Crippen LogP contribution in [0.2, 0.25) is 5.02 Å². The van der Waals surface area contributed by atoms with Gasteiger partial charge in [-0.15, -0.1) is 0 Å².